The first-order chi connectivity index (χ1) is 9.49. The molecule has 0 atom stereocenters. The first-order valence-electron chi connectivity index (χ1n) is 7.65. The zero-order valence-electron chi connectivity index (χ0n) is 13.3. The quantitative estimate of drug-likeness (QED) is 0.913. The molecule has 1 fully saturated rings. The number of likely N-dealkylation sites (N-methyl/N-ethyl adjacent to an activating group) is 1. The molecule has 4 nitrogen and oxygen atoms in total. The summed E-state index contributed by atoms with van der Waals surface area (Å²) in [7, 11) is 0. The minimum atomic E-state index is 0.133. The van der Waals surface area contributed by atoms with Gasteiger partial charge in [-0.15, -0.1) is 0 Å². The van der Waals surface area contributed by atoms with Crippen LogP contribution in [0, 0.1) is 0 Å². The first kappa shape index (κ1) is 15.3. The molecule has 1 aliphatic rings. The molecular formula is C16H28N4. The molecule has 112 valence electrons. The standard InChI is InChI=1S/C16H28N4/c1-5-19-8-10-20(11-9-19)15-6-7-17-12-14(15)13-18-16(2,3)4/h6-7,12,18H,5,8-11,13H2,1-4H3. The van der Waals surface area contributed by atoms with Gasteiger partial charge in [0.25, 0.3) is 0 Å². The fourth-order valence-electron chi connectivity index (χ4n) is 2.53. The maximum atomic E-state index is 4.29. The predicted octanol–water partition coefficient (Wildman–Crippen LogP) is 2.11. The number of hydrogen-bond donors (Lipinski definition) is 1. The van der Waals surface area contributed by atoms with Crippen molar-refractivity contribution in [1.82, 2.24) is 15.2 Å². The third-order valence-corrected chi connectivity index (χ3v) is 3.85. The molecule has 0 spiro atoms. The molecule has 0 amide bonds. The van der Waals surface area contributed by atoms with E-state index in [1.54, 1.807) is 0 Å². The van der Waals surface area contributed by atoms with Crippen LogP contribution in [0.1, 0.15) is 33.3 Å². The Bertz CT molecular complexity index is 417. The fourth-order valence-corrected chi connectivity index (χ4v) is 2.53. The summed E-state index contributed by atoms with van der Waals surface area (Å²) >= 11 is 0. The van der Waals surface area contributed by atoms with Gasteiger partial charge in [-0.3, -0.25) is 4.98 Å². The number of rotatable bonds is 4. The summed E-state index contributed by atoms with van der Waals surface area (Å²) in [5.41, 5.74) is 2.77. The summed E-state index contributed by atoms with van der Waals surface area (Å²) in [6, 6.07) is 2.15. The Balaban J connectivity index is 2.04. The Labute approximate surface area is 123 Å². The van der Waals surface area contributed by atoms with E-state index in [1.807, 2.05) is 12.4 Å². The lowest BCUT2D eigenvalue weighted by molar-refractivity contribution is 0.271. The average molecular weight is 276 g/mol. The van der Waals surface area contributed by atoms with Crippen LogP contribution in [0.25, 0.3) is 0 Å². The van der Waals surface area contributed by atoms with E-state index < -0.39 is 0 Å². The largest absolute Gasteiger partial charge is 0.369 e. The minimum absolute atomic E-state index is 0.133. The number of nitrogens with one attached hydrogen (secondary N) is 1. The molecule has 4 heteroatoms. The molecule has 1 aromatic heterocycles. The van der Waals surface area contributed by atoms with Gasteiger partial charge in [0.1, 0.15) is 0 Å². The van der Waals surface area contributed by atoms with Crippen molar-refractivity contribution in [3.63, 3.8) is 0 Å². The van der Waals surface area contributed by atoms with Gasteiger partial charge in [-0.05, 0) is 33.4 Å². The highest BCUT2D eigenvalue weighted by molar-refractivity contribution is 5.52. The average Bonchev–Trinajstić information content (AvgIpc) is 2.45. The van der Waals surface area contributed by atoms with Gasteiger partial charge in [-0.25, -0.2) is 0 Å². The van der Waals surface area contributed by atoms with Crippen LogP contribution in [0.15, 0.2) is 18.5 Å². The fraction of sp³-hybridized carbons (Fsp3) is 0.688. The normalized spacial score (nSPS) is 17.5. The predicted molar refractivity (Wildman–Crippen MR) is 85.2 cm³/mol. The van der Waals surface area contributed by atoms with Crippen molar-refractivity contribution in [3.8, 4) is 0 Å². The molecule has 0 aromatic carbocycles. The summed E-state index contributed by atoms with van der Waals surface area (Å²) in [5.74, 6) is 0. The van der Waals surface area contributed by atoms with Crippen molar-refractivity contribution in [1.29, 1.82) is 0 Å². The van der Waals surface area contributed by atoms with E-state index >= 15 is 0 Å². The third kappa shape index (κ3) is 4.18. The summed E-state index contributed by atoms with van der Waals surface area (Å²) in [6.45, 7) is 15.4. The SMILES string of the molecule is CCN1CCN(c2ccncc2CNC(C)(C)C)CC1. The Morgan fingerprint density at radius 2 is 1.90 bits per heavy atom. The van der Waals surface area contributed by atoms with Gasteiger partial charge in [-0.2, -0.15) is 0 Å². The second-order valence-corrected chi connectivity index (χ2v) is 6.53. The number of hydrogen-bond acceptors (Lipinski definition) is 4. The van der Waals surface area contributed by atoms with Crippen LogP contribution in [0.5, 0.6) is 0 Å². The lowest BCUT2D eigenvalue weighted by atomic mass is 10.1. The Kier molecular flexibility index (Phi) is 5.00. The smallest absolute Gasteiger partial charge is 0.0443 e. The lowest BCUT2D eigenvalue weighted by Crippen LogP contribution is -2.46. The molecule has 0 aliphatic carbocycles. The number of piperazine rings is 1. The van der Waals surface area contributed by atoms with Crippen LogP contribution >= 0.6 is 0 Å². The van der Waals surface area contributed by atoms with E-state index in [9.17, 15) is 0 Å². The van der Waals surface area contributed by atoms with Gasteiger partial charge >= 0.3 is 0 Å². The monoisotopic (exact) mass is 276 g/mol. The number of nitrogens with zero attached hydrogens (tertiary/aromatic N) is 3. The van der Waals surface area contributed by atoms with Gasteiger partial charge < -0.3 is 15.1 Å². The number of anilines is 1. The van der Waals surface area contributed by atoms with Crippen LogP contribution < -0.4 is 10.2 Å². The van der Waals surface area contributed by atoms with E-state index in [1.165, 1.54) is 11.3 Å². The summed E-state index contributed by atoms with van der Waals surface area (Å²) in [5, 5.41) is 3.56. The highest BCUT2D eigenvalue weighted by Gasteiger charge is 2.18. The van der Waals surface area contributed by atoms with Gasteiger partial charge in [-0.1, -0.05) is 6.92 Å². The van der Waals surface area contributed by atoms with Crippen molar-refractivity contribution in [2.75, 3.05) is 37.6 Å². The molecule has 0 radical (unpaired) electrons. The van der Waals surface area contributed by atoms with Crippen LogP contribution in [0.3, 0.4) is 0 Å². The second-order valence-electron chi connectivity index (χ2n) is 6.53. The van der Waals surface area contributed by atoms with E-state index in [4.69, 9.17) is 0 Å². The molecule has 0 unspecified atom stereocenters. The summed E-state index contributed by atoms with van der Waals surface area (Å²) in [6.07, 6.45) is 3.91. The van der Waals surface area contributed by atoms with Gasteiger partial charge in [0.05, 0.1) is 0 Å². The Morgan fingerprint density at radius 1 is 1.20 bits per heavy atom. The van der Waals surface area contributed by atoms with Crippen LogP contribution in [-0.2, 0) is 6.54 Å². The van der Waals surface area contributed by atoms with Crippen molar-refractivity contribution < 1.29 is 0 Å². The van der Waals surface area contributed by atoms with Crippen LogP contribution in [-0.4, -0.2) is 48.1 Å². The molecule has 1 N–H and O–H groups in total. The molecule has 20 heavy (non-hydrogen) atoms. The first-order valence-corrected chi connectivity index (χ1v) is 7.65. The summed E-state index contributed by atoms with van der Waals surface area (Å²) in [4.78, 5) is 9.29. The van der Waals surface area contributed by atoms with E-state index in [-0.39, 0.29) is 5.54 Å². The van der Waals surface area contributed by atoms with Crippen molar-refractivity contribution >= 4 is 5.69 Å². The molecule has 2 rings (SSSR count). The van der Waals surface area contributed by atoms with Gasteiger partial charge in [0.2, 0.25) is 0 Å². The topological polar surface area (TPSA) is 31.4 Å². The molecular weight excluding hydrogens is 248 g/mol. The van der Waals surface area contributed by atoms with E-state index in [0.717, 1.165) is 39.3 Å². The number of aromatic nitrogens is 1. The van der Waals surface area contributed by atoms with Crippen molar-refractivity contribution in [2.45, 2.75) is 39.8 Å². The Hall–Kier alpha value is -1.13. The van der Waals surface area contributed by atoms with Crippen LogP contribution in [0.2, 0.25) is 0 Å². The third-order valence-electron chi connectivity index (χ3n) is 3.85. The molecule has 0 bridgehead atoms. The zero-order valence-corrected chi connectivity index (χ0v) is 13.3. The highest BCUT2D eigenvalue weighted by Crippen LogP contribution is 2.21. The number of pyridine rings is 1. The molecule has 1 saturated heterocycles. The van der Waals surface area contributed by atoms with Crippen molar-refractivity contribution in [2.24, 2.45) is 0 Å². The maximum Gasteiger partial charge on any atom is 0.0443 e. The van der Waals surface area contributed by atoms with Crippen molar-refractivity contribution in [3.05, 3.63) is 24.0 Å². The molecule has 1 aliphatic heterocycles. The van der Waals surface area contributed by atoms with Crippen LogP contribution in [0.4, 0.5) is 5.69 Å². The van der Waals surface area contributed by atoms with Gasteiger partial charge in [0.15, 0.2) is 0 Å². The molecule has 1 aromatic rings. The Morgan fingerprint density at radius 3 is 2.50 bits per heavy atom. The highest BCUT2D eigenvalue weighted by atomic mass is 15.3. The van der Waals surface area contributed by atoms with Gasteiger partial charge in [0, 0.05) is 61.9 Å². The van der Waals surface area contributed by atoms with E-state index in [0.29, 0.717) is 0 Å². The molecule has 0 saturated carbocycles. The molecule has 2 heterocycles. The lowest BCUT2D eigenvalue weighted by Gasteiger charge is -2.36. The van der Waals surface area contributed by atoms with E-state index in [2.05, 4.69) is 53.9 Å². The second kappa shape index (κ2) is 6.55. The maximum absolute atomic E-state index is 4.29. The zero-order chi connectivity index (χ0) is 14.6. The minimum Gasteiger partial charge on any atom is -0.369 e. The summed E-state index contributed by atoms with van der Waals surface area (Å²) < 4.78 is 0.